The molecule has 0 aromatic carbocycles. The van der Waals surface area contributed by atoms with Crippen molar-refractivity contribution in [2.45, 2.75) is 19.5 Å². The first kappa shape index (κ1) is 13.8. The van der Waals surface area contributed by atoms with E-state index in [1.807, 2.05) is 0 Å². The van der Waals surface area contributed by atoms with Crippen molar-refractivity contribution in [2.24, 2.45) is 0 Å². The molecule has 6 heteroatoms. The smallest absolute Gasteiger partial charge is 0.319 e. The Morgan fingerprint density at radius 2 is 2.35 bits per heavy atom. The topological polar surface area (TPSA) is 39.1 Å². The number of imidazole rings is 1. The molecule has 0 bridgehead atoms. The van der Waals surface area contributed by atoms with Crippen LogP contribution in [0.1, 0.15) is 18.8 Å². The summed E-state index contributed by atoms with van der Waals surface area (Å²) in [4.78, 5) is 3.85. The predicted molar refractivity (Wildman–Crippen MR) is 60.8 cm³/mol. The van der Waals surface area contributed by atoms with Crippen molar-refractivity contribution >= 4 is 0 Å². The van der Waals surface area contributed by atoms with Gasteiger partial charge in [-0.25, -0.2) is 4.98 Å². The number of aromatic nitrogens is 2. The highest BCUT2D eigenvalue weighted by atomic mass is 19.3. The summed E-state index contributed by atoms with van der Waals surface area (Å²) in [5, 5.41) is 2.99. The molecule has 0 amide bonds. The van der Waals surface area contributed by atoms with Crippen LogP contribution in [0.3, 0.4) is 0 Å². The van der Waals surface area contributed by atoms with Crippen molar-refractivity contribution in [1.29, 1.82) is 0 Å². The second kappa shape index (κ2) is 7.92. The third kappa shape index (κ3) is 5.06. The van der Waals surface area contributed by atoms with E-state index >= 15 is 0 Å². The number of hydrogen-bond donors (Lipinski definition) is 1. The van der Waals surface area contributed by atoms with Gasteiger partial charge in [-0.15, -0.1) is 6.58 Å². The quantitative estimate of drug-likeness (QED) is 0.534. The van der Waals surface area contributed by atoms with Gasteiger partial charge >= 0.3 is 6.55 Å². The summed E-state index contributed by atoms with van der Waals surface area (Å²) in [6.45, 7) is 3.13. The average Bonchev–Trinajstić information content (AvgIpc) is 2.76. The Morgan fingerprint density at radius 3 is 3.06 bits per heavy atom. The molecule has 1 N–H and O–H groups in total. The van der Waals surface area contributed by atoms with Crippen LogP contribution in [0.5, 0.6) is 0 Å². The molecule has 0 atom stereocenters. The van der Waals surface area contributed by atoms with Crippen LogP contribution in [-0.2, 0) is 11.3 Å². The van der Waals surface area contributed by atoms with Crippen LogP contribution in [0.25, 0.3) is 0 Å². The molecule has 0 saturated heterocycles. The summed E-state index contributed by atoms with van der Waals surface area (Å²) in [6, 6.07) is 0. The number of hydrogen-bond acceptors (Lipinski definition) is 3. The highest BCUT2D eigenvalue weighted by molar-refractivity contribution is 4.92. The highest BCUT2D eigenvalue weighted by Crippen LogP contribution is 2.11. The van der Waals surface area contributed by atoms with Crippen LogP contribution in [0.4, 0.5) is 8.78 Å². The molecule has 0 aliphatic rings. The van der Waals surface area contributed by atoms with Gasteiger partial charge in [0.1, 0.15) is 5.82 Å². The fourth-order valence-electron chi connectivity index (χ4n) is 1.27. The molecule has 4 nitrogen and oxygen atoms in total. The fraction of sp³-hybridized carbons (Fsp3) is 0.545. The lowest BCUT2D eigenvalue weighted by Gasteiger charge is -2.07. The molecule has 1 aromatic rings. The number of halogens is 2. The Balaban J connectivity index is 2.13. The van der Waals surface area contributed by atoms with Gasteiger partial charge in [-0.2, -0.15) is 8.78 Å². The summed E-state index contributed by atoms with van der Waals surface area (Å²) in [5.41, 5.74) is 0. The van der Waals surface area contributed by atoms with Crippen LogP contribution in [-0.4, -0.2) is 29.3 Å². The Morgan fingerprint density at radius 1 is 1.53 bits per heavy atom. The minimum Gasteiger partial charge on any atom is -0.380 e. The summed E-state index contributed by atoms with van der Waals surface area (Å²) in [7, 11) is 0. The van der Waals surface area contributed by atoms with Gasteiger partial charge in [-0.3, -0.25) is 4.57 Å². The van der Waals surface area contributed by atoms with Gasteiger partial charge in [0.25, 0.3) is 0 Å². The molecule has 96 valence electrons. The van der Waals surface area contributed by atoms with Crippen molar-refractivity contribution in [3.63, 3.8) is 0 Å². The number of nitrogens with zero attached hydrogens (tertiary/aromatic N) is 2. The average molecular weight is 245 g/mol. The molecule has 0 spiro atoms. The van der Waals surface area contributed by atoms with Crippen molar-refractivity contribution in [2.75, 3.05) is 19.8 Å². The van der Waals surface area contributed by atoms with E-state index in [0.717, 1.165) is 11.0 Å². The van der Waals surface area contributed by atoms with Crippen LogP contribution in [0, 0.1) is 0 Å². The van der Waals surface area contributed by atoms with E-state index in [9.17, 15) is 8.78 Å². The number of rotatable bonds is 9. The van der Waals surface area contributed by atoms with Gasteiger partial charge in [0, 0.05) is 18.9 Å². The van der Waals surface area contributed by atoms with Gasteiger partial charge in [-0.05, 0) is 6.42 Å². The number of alkyl halides is 2. The normalized spacial score (nSPS) is 11.0. The van der Waals surface area contributed by atoms with Crippen molar-refractivity contribution in [3.05, 3.63) is 30.9 Å². The maximum atomic E-state index is 12.4. The lowest BCUT2D eigenvalue weighted by molar-refractivity contribution is 0.0664. The molecular weight excluding hydrogens is 228 g/mol. The minimum atomic E-state index is -2.54. The minimum absolute atomic E-state index is 0.308. The molecule has 0 fully saturated rings. The lowest BCUT2D eigenvalue weighted by Crippen LogP contribution is -2.21. The lowest BCUT2D eigenvalue weighted by atomic mass is 10.4. The molecule has 0 aliphatic carbocycles. The van der Waals surface area contributed by atoms with E-state index < -0.39 is 6.55 Å². The SMILES string of the molecule is C=CCCOCCNCc1nccn1C(F)F. The molecule has 1 rings (SSSR count). The Kier molecular flexibility index (Phi) is 6.42. The maximum Gasteiger partial charge on any atom is 0.319 e. The van der Waals surface area contributed by atoms with Crippen LogP contribution >= 0.6 is 0 Å². The molecule has 0 radical (unpaired) electrons. The largest absolute Gasteiger partial charge is 0.380 e. The van der Waals surface area contributed by atoms with Crippen molar-refractivity contribution in [1.82, 2.24) is 14.9 Å². The summed E-state index contributed by atoms with van der Waals surface area (Å²) < 4.78 is 31.0. The van der Waals surface area contributed by atoms with Gasteiger partial charge < -0.3 is 10.1 Å². The highest BCUT2D eigenvalue weighted by Gasteiger charge is 2.10. The van der Waals surface area contributed by atoms with E-state index in [0.29, 0.717) is 32.1 Å². The molecule has 0 saturated carbocycles. The zero-order chi connectivity index (χ0) is 12.5. The van der Waals surface area contributed by atoms with Gasteiger partial charge in [-0.1, -0.05) is 6.08 Å². The number of nitrogens with one attached hydrogen (secondary N) is 1. The Bertz CT molecular complexity index is 328. The molecule has 1 heterocycles. The number of ether oxygens (including phenoxy) is 1. The third-order valence-corrected chi connectivity index (χ3v) is 2.13. The van der Waals surface area contributed by atoms with Gasteiger partial charge in [0.15, 0.2) is 0 Å². The maximum absolute atomic E-state index is 12.4. The molecular formula is C11H17F2N3O. The molecule has 1 aromatic heterocycles. The van der Waals surface area contributed by atoms with Crippen molar-refractivity contribution < 1.29 is 13.5 Å². The summed E-state index contributed by atoms with van der Waals surface area (Å²) >= 11 is 0. The second-order valence-corrected chi connectivity index (χ2v) is 3.39. The van der Waals surface area contributed by atoms with Crippen LogP contribution in [0.2, 0.25) is 0 Å². The van der Waals surface area contributed by atoms with Gasteiger partial charge in [0.2, 0.25) is 0 Å². The van der Waals surface area contributed by atoms with Crippen molar-refractivity contribution in [3.8, 4) is 0 Å². The second-order valence-electron chi connectivity index (χ2n) is 3.39. The van der Waals surface area contributed by atoms with Crippen LogP contribution < -0.4 is 5.32 Å². The van der Waals surface area contributed by atoms with E-state index in [4.69, 9.17) is 4.74 Å². The first-order valence-electron chi connectivity index (χ1n) is 5.45. The van der Waals surface area contributed by atoms with E-state index in [1.165, 1.54) is 12.4 Å². The molecule has 0 aliphatic heterocycles. The molecule has 0 unspecified atom stereocenters. The summed E-state index contributed by atoms with van der Waals surface area (Å²) in [5.74, 6) is 0.325. The standard InChI is InChI=1S/C11H17F2N3O/c1-2-3-7-17-8-5-14-9-10-15-4-6-16(10)11(12)13/h2,4,6,11,14H,1,3,5,7-9H2. The Labute approximate surface area is 99.3 Å². The first-order chi connectivity index (χ1) is 8.25. The van der Waals surface area contributed by atoms with E-state index in [-0.39, 0.29) is 0 Å². The third-order valence-electron chi connectivity index (χ3n) is 2.13. The monoisotopic (exact) mass is 245 g/mol. The summed E-state index contributed by atoms with van der Waals surface area (Å²) in [6.07, 6.45) is 5.23. The van der Waals surface area contributed by atoms with Crippen LogP contribution in [0.15, 0.2) is 25.0 Å². The molecule has 17 heavy (non-hydrogen) atoms. The fourth-order valence-corrected chi connectivity index (χ4v) is 1.27. The van der Waals surface area contributed by atoms with E-state index in [1.54, 1.807) is 6.08 Å². The zero-order valence-electron chi connectivity index (χ0n) is 9.61. The zero-order valence-corrected chi connectivity index (χ0v) is 9.61. The Hall–Kier alpha value is -1.27. The van der Waals surface area contributed by atoms with Gasteiger partial charge in [0.05, 0.1) is 19.8 Å². The predicted octanol–water partition coefficient (Wildman–Crippen LogP) is 1.96. The van der Waals surface area contributed by atoms with E-state index in [2.05, 4.69) is 16.9 Å². The first-order valence-corrected chi connectivity index (χ1v) is 5.45.